The van der Waals surface area contributed by atoms with Gasteiger partial charge in [-0.3, -0.25) is 4.98 Å². The summed E-state index contributed by atoms with van der Waals surface area (Å²) in [5, 5.41) is 2.28. The van der Waals surface area contributed by atoms with Gasteiger partial charge in [-0.2, -0.15) is 0 Å². The molecule has 0 bridgehead atoms. The van der Waals surface area contributed by atoms with Gasteiger partial charge in [0.25, 0.3) is 0 Å². The third kappa shape index (κ3) is 5.06. The lowest BCUT2D eigenvalue weighted by atomic mass is 9.92. The Morgan fingerprint density at radius 2 is 1.67 bits per heavy atom. The van der Waals surface area contributed by atoms with E-state index in [0.29, 0.717) is 5.92 Å². The monoisotopic (exact) mass is 476 g/mol. The fourth-order valence-electron chi connectivity index (χ4n) is 5.64. The first kappa shape index (κ1) is 24.2. The number of aromatic nitrogens is 2. The summed E-state index contributed by atoms with van der Waals surface area (Å²) in [4.78, 5) is 9.61. The number of ether oxygens (including phenoxy) is 1. The van der Waals surface area contributed by atoms with Crippen molar-refractivity contribution in [2.24, 2.45) is 5.92 Å². The Kier molecular flexibility index (Phi) is 7.46. The second-order valence-corrected chi connectivity index (χ2v) is 9.86. The van der Waals surface area contributed by atoms with Crippen LogP contribution in [0.5, 0.6) is 5.75 Å². The quantitative estimate of drug-likeness (QED) is 0.145. The molecular formula is C33H36N2O. The number of benzene rings is 2. The first-order valence-corrected chi connectivity index (χ1v) is 13.4. The highest BCUT2D eigenvalue weighted by atomic mass is 16.5. The molecule has 4 aromatic rings. The van der Waals surface area contributed by atoms with Crippen molar-refractivity contribution >= 4 is 21.8 Å². The van der Waals surface area contributed by atoms with Crippen molar-refractivity contribution in [1.82, 2.24) is 9.97 Å². The van der Waals surface area contributed by atoms with Gasteiger partial charge in [-0.05, 0) is 94.5 Å². The van der Waals surface area contributed by atoms with Crippen molar-refractivity contribution in [1.29, 1.82) is 0 Å². The summed E-state index contributed by atoms with van der Waals surface area (Å²) in [5.74, 6) is 1.61. The van der Waals surface area contributed by atoms with Crippen molar-refractivity contribution < 1.29 is 4.74 Å². The lowest BCUT2D eigenvalue weighted by Gasteiger charge is -2.14. The first-order valence-electron chi connectivity index (χ1n) is 13.4. The maximum absolute atomic E-state index is 6.04. The SMILES string of the molecule is C/C=C1\CC/C(=C\C)C1CCCCCOc1ccc(-c2ccc3cc(C)c4cccnc4c3n2)cc1. The molecule has 1 aliphatic rings. The topological polar surface area (TPSA) is 35.0 Å². The number of pyridine rings is 2. The minimum absolute atomic E-state index is 0.690. The number of unbranched alkanes of at least 4 members (excludes halogenated alkanes) is 2. The van der Waals surface area contributed by atoms with Gasteiger partial charge in [0, 0.05) is 28.5 Å². The number of nitrogens with zero attached hydrogens (tertiary/aromatic N) is 2. The van der Waals surface area contributed by atoms with Crippen LogP contribution in [0.25, 0.3) is 33.1 Å². The highest BCUT2D eigenvalue weighted by Crippen LogP contribution is 2.39. The highest BCUT2D eigenvalue weighted by molar-refractivity contribution is 6.04. The Morgan fingerprint density at radius 3 is 2.42 bits per heavy atom. The van der Waals surface area contributed by atoms with Crippen LogP contribution in [0.3, 0.4) is 0 Å². The van der Waals surface area contributed by atoms with Crippen LogP contribution in [-0.2, 0) is 0 Å². The Balaban J connectivity index is 1.17. The molecule has 2 heterocycles. The molecule has 0 amide bonds. The van der Waals surface area contributed by atoms with Crippen LogP contribution in [0.4, 0.5) is 0 Å². The number of hydrogen-bond donors (Lipinski definition) is 0. The zero-order valence-corrected chi connectivity index (χ0v) is 21.8. The van der Waals surface area contributed by atoms with E-state index in [2.05, 4.69) is 86.4 Å². The summed E-state index contributed by atoms with van der Waals surface area (Å²) in [7, 11) is 0. The fourth-order valence-corrected chi connectivity index (χ4v) is 5.64. The lowest BCUT2D eigenvalue weighted by Crippen LogP contribution is -2.01. The van der Waals surface area contributed by atoms with Crippen molar-refractivity contribution in [2.75, 3.05) is 6.61 Å². The average Bonchev–Trinajstić information content (AvgIpc) is 3.33. The molecule has 0 spiro atoms. The van der Waals surface area contributed by atoms with Crippen molar-refractivity contribution in [3.05, 3.63) is 89.7 Å². The van der Waals surface area contributed by atoms with E-state index in [0.717, 1.165) is 51.8 Å². The van der Waals surface area contributed by atoms with E-state index < -0.39 is 0 Å². The lowest BCUT2D eigenvalue weighted by molar-refractivity contribution is 0.304. The number of hydrogen-bond acceptors (Lipinski definition) is 3. The summed E-state index contributed by atoms with van der Waals surface area (Å²) >= 11 is 0. The molecule has 36 heavy (non-hydrogen) atoms. The molecule has 1 fully saturated rings. The van der Waals surface area contributed by atoms with Crippen LogP contribution in [-0.4, -0.2) is 16.6 Å². The molecule has 2 aromatic heterocycles. The standard InChI is InChI=1S/C33H36N2O/c1-4-24-12-13-25(5-2)30(24)10-7-6-8-21-36-28-17-14-26(15-18-28)31-19-16-27-22-23(3)29-11-9-20-34-33(29)32(27)35-31/h4-5,9,11,14-20,22,30H,6-8,10,12-13,21H2,1-3H3/b24-4+,25-5+. The normalized spacial score (nSPS) is 16.5. The van der Waals surface area contributed by atoms with Crippen LogP contribution in [0.2, 0.25) is 0 Å². The fraction of sp³-hybridized carbons (Fsp3) is 0.333. The molecule has 184 valence electrons. The van der Waals surface area contributed by atoms with Gasteiger partial charge < -0.3 is 4.74 Å². The molecule has 0 aliphatic heterocycles. The second-order valence-electron chi connectivity index (χ2n) is 9.86. The smallest absolute Gasteiger partial charge is 0.119 e. The summed E-state index contributed by atoms with van der Waals surface area (Å²) < 4.78 is 6.04. The van der Waals surface area contributed by atoms with Gasteiger partial charge in [0.2, 0.25) is 0 Å². The highest BCUT2D eigenvalue weighted by Gasteiger charge is 2.23. The van der Waals surface area contributed by atoms with Crippen molar-refractivity contribution in [3.63, 3.8) is 0 Å². The van der Waals surface area contributed by atoms with Gasteiger partial charge in [-0.1, -0.05) is 48.3 Å². The Hall–Kier alpha value is -3.46. The molecule has 0 N–H and O–H groups in total. The van der Waals surface area contributed by atoms with Gasteiger partial charge in [-0.15, -0.1) is 0 Å². The van der Waals surface area contributed by atoms with E-state index in [9.17, 15) is 0 Å². The number of rotatable bonds is 8. The number of fused-ring (bicyclic) bond motifs is 3. The third-order valence-electron chi connectivity index (χ3n) is 7.65. The van der Waals surface area contributed by atoms with Gasteiger partial charge in [0.05, 0.1) is 23.3 Å². The average molecular weight is 477 g/mol. The van der Waals surface area contributed by atoms with Crippen LogP contribution < -0.4 is 4.74 Å². The van der Waals surface area contributed by atoms with E-state index in [1.165, 1.54) is 37.7 Å². The molecule has 5 rings (SSSR count). The minimum atomic E-state index is 0.690. The minimum Gasteiger partial charge on any atom is -0.494 e. The van der Waals surface area contributed by atoms with E-state index in [1.54, 1.807) is 11.1 Å². The molecule has 3 nitrogen and oxygen atoms in total. The molecule has 0 unspecified atom stereocenters. The summed E-state index contributed by atoms with van der Waals surface area (Å²) in [6, 6.07) is 18.9. The third-order valence-corrected chi connectivity index (χ3v) is 7.65. The zero-order chi connectivity index (χ0) is 24.9. The first-order chi connectivity index (χ1) is 17.7. The van der Waals surface area contributed by atoms with E-state index in [1.807, 2.05) is 12.3 Å². The molecule has 3 heteroatoms. The Labute approximate surface area is 214 Å². The molecular weight excluding hydrogens is 440 g/mol. The second kappa shape index (κ2) is 11.1. The summed E-state index contributed by atoms with van der Waals surface area (Å²) in [5.41, 5.74) is 8.47. The molecule has 0 radical (unpaired) electrons. The van der Waals surface area contributed by atoms with Crippen LogP contribution in [0.15, 0.2) is 84.1 Å². The summed E-state index contributed by atoms with van der Waals surface area (Å²) in [6.07, 6.45) is 13.9. The van der Waals surface area contributed by atoms with E-state index >= 15 is 0 Å². The van der Waals surface area contributed by atoms with Crippen LogP contribution >= 0.6 is 0 Å². The van der Waals surface area contributed by atoms with E-state index in [4.69, 9.17) is 9.72 Å². The number of allylic oxidation sites excluding steroid dienone is 4. The van der Waals surface area contributed by atoms with Crippen LogP contribution in [0, 0.1) is 12.8 Å². The van der Waals surface area contributed by atoms with Gasteiger partial charge in [-0.25, -0.2) is 4.98 Å². The maximum atomic E-state index is 6.04. The predicted molar refractivity (Wildman–Crippen MR) is 151 cm³/mol. The van der Waals surface area contributed by atoms with Crippen molar-refractivity contribution in [3.8, 4) is 17.0 Å². The van der Waals surface area contributed by atoms with Gasteiger partial charge >= 0.3 is 0 Å². The largest absolute Gasteiger partial charge is 0.494 e. The zero-order valence-electron chi connectivity index (χ0n) is 21.8. The van der Waals surface area contributed by atoms with Gasteiger partial charge in [0.15, 0.2) is 0 Å². The molecule has 0 atom stereocenters. The predicted octanol–water partition coefficient (Wildman–Crippen LogP) is 9.00. The van der Waals surface area contributed by atoms with Crippen LogP contribution in [0.1, 0.15) is 57.9 Å². The maximum Gasteiger partial charge on any atom is 0.119 e. The molecule has 1 aliphatic carbocycles. The van der Waals surface area contributed by atoms with E-state index in [-0.39, 0.29) is 0 Å². The molecule has 0 saturated heterocycles. The Bertz CT molecular complexity index is 1400. The Morgan fingerprint density at radius 1 is 0.889 bits per heavy atom. The molecule has 1 saturated carbocycles. The summed E-state index contributed by atoms with van der Waals surface area (Å²) in [6.45, 7) is 7.28. The van der Waals surface area contributed by atoms with Gasteiger partial charge in [0.1, 0.15) is 5.75 Å². The number of aryl methyl sites for hydroxylation is 1. The van der Waals surface area contributed by atoms with Crippen molar-refractivity contribution in [2.45, 2.75) is 59.3 Å². The molecule has 2 aromatic carbocycles.